The molecule has 9 heteroatoms. The number of hydrogen-bond acceptors (Lipinski definition) is 5. The summed E-state index contributed by atoms with van der Waals surface area (Å²) >= 11 is 1.60. The molecule has 0 bridgehead atoms. The van der Waals surface area contributed by atoms with E-state index in [0.29, 0.717) is 11.0 Å². The van der Waals surface area contributed by atoms with Gasteiger partial charge in [-0.25, -0.2) is 17.4 Å². The number of nitrogen functional groups attached to an aromatic ring is 1. The quantitative estimate of drug-likeness (QED) is 0.604. The molecule has 0 fully saturated rings. The van der Waals surface area contributed by atoms with Crippen LogP contribution in [0.4, 0.5) is 5.95 Å². The van der Waals surface area contributed by atoms with Crippen molar-refractivity contribution in [3.05, 3.63) is 52.9 Å². The van der Waals surface area contributed by atoms with Crippen molar-refractivity contribution in [2.24, 2.45) is 0 Å². The van der Waals surface area contributed by atoms with Crippen molar-refractivity contribution in [2.45, 2.75) is 19.1 Å². The molecule has 0 spiro atoms. The molecule has 3 aromatic rings. The minimum atomic E-state index is -3.63. The van der Waals surface area contributed by atoms with E-state index < -0.39 is 15.3 Å². The Labute approximate surface area is 174 Å². The van der Waals surface area contributed by atoms with E-state index in [1.165, 1.54) is 0 Å². The van der Waals surface area contributed by atoms with E-state index in [4.69, 9.17) is 5.73 Å². The summed E-state index contributed by atoms with van der Waals surface area (Å²) in [6.45, 7) is 3.27. The van der Waals surface area contributed by atoms with E-state index in [0.717, 1.165) is 31.3 Å². The zero-order valence-corrected chi connectivity index (χ0v) is 19.8. The van der Waals surface area contributed by atoms with Gasteiger partial charge in [0.05, 0.1) is 16.3 Å². The van der Waals surface area contributed by atoms with Gasteiger partial charge in [0.2, 0.25) is 16.0 Å². The number of thioether (sulfide) groups is 1. The number of hydrogen-bond donors (Lipinski definition) is 1. The maximum absolute atomic E-state index is 12.8. The third kappa shape index (κ3) is 3.73. The zero-order chi connectivity index (χ0) is 20.6. The molecule has 0 saturated carbocycles. The van der Waals surface area contributed by atoms with Gasteiger partial charge in [-0.3, -0.25) is 0 Å². The Morgan fingerprint density at radius 1 is 1.25 bits per heavy atom. The highest BCUT2D eigenvalue weighted by Gasteiger charge is 2.25. The molecule has 1 heterocycles. The summed E-state index contributed by atoms with van der Waals surface area (Å²) in [5, 5.41) is 3.63. The second-order valence-electron chi connectivity index (χ2n) is 6.61. The molecule has 0 aliphatic rings. The topological polar surface area (TPSA) is 78.0 Å². The molecule has 0 radical (unpaired) electrons. The van der Waals surface area contributed by atoms with Crippen LogP contribution in [-0.4, -0.2) is 28.9 Å². The average Bonchev–Trinajstić information content (AvgIpc) is 2.97. The maximum Gasteiger partial charge on any atom is 0.244 e. The van der Waals surface area contributed by atoms with Crippen LogP contribution in [0.2, 0.25) is 0 Å². The van der Waals surface area contributed by atoms with Crippen molar-refractivity contribution in [2.75, 3.05) is 12.0 Å². The summed E-state index contributed by atoms with van der Waals surface area (Å²) < 4.78 is 26.8. The van der Waals surface area contributed by atoms with Crippen LogP contribution in [0.5, 0.6) is 0 Å². The number of nitrogens with zero attached hydrogens (tertiary/aromatic N) is 2. The number of fused-ring (bicyclic) bond motifs is 1. The standard InChI is InChI=1S/C19H23N3O2P2S2/c1-11(2)28(23,24)22-16-9-12(7-8-15(16)21-19(22)20)14(10-27-3)13-5-4-6-17(25)18(13)26/h4-11H,25-26H2,1-3H3,(H2,20,21)/b14-10-. The summed E-state index contributed by atoms with van der Waals surface area (Å²) in [5.74, 6) is -0.0186. The molecule has 148 valence electrons. The first-order valence-corrected chi connectivity index (χ1v) is 12.5. The molecule has 3 rings (SSSR count). The predicted molar refractivity (Wildman–Crippen MR) is 129 cm³/mol. The Bertz CT molecular complexity index is 1190. The zero-order valence-electron chi connectivity index (χ0n) is 15.9. The molecule has 0 aliphatic heterocycles. The number of aromatic nitrogens is 2. The molecule has 0 amide bonds. The van der Waals surface area contributed by atoms with Crippen LogP contribution in [0.1, 0.15) is 25.0 Å². The lowest BCUT2D eigenvalue weighted by molar-refractivity contribution is 0.580. The smallest absolute Gasteiger partial charge is 0.244 e. The molecule has 5 nitrogen and oxygen atoms in total. The van der Waals surface area contributed by atoms with E-state index in [-0.39, 0.29) is 5.95 Å². The van der Waals surface area contributed by atoms with Crippen LogP contribution in [0.15, 0.2) is 41.8 Å². The van der Waals surface area contributed by atoms with Gasteiger partial charge >= 0.3 is 0 Å². The van der Waals surface area contributed by atoms with Crippen molar-refractivity contribution >= 4 is 73.4 Å². The molecule has 2 N–H and O–H groups in total. The predicted octanol–water partition coefficient (Wildman–Crippen LogP) is 2.96. The molecule has 2 unspecified atom stereocenters. The average molecular weight is 451 g/mol. The van der Waals surface area contributed by atoms with Gasteiger partial charge in [-0.1, -0.05) is 24.3 Å². The molecular weight excluding hydrogens is 428 g/mol. The highest BCUT2D eigenvalue weighted by atomic mass is 32.2. The summed E-state index contributed by atoms with van der Waals surface area (Å²) in [6.07, 6.45) is 2.00. The van der Waals surface area contributed by atoms with E-state index in [1.807, 2.05) is 36.6 Å². The van der Waals surface area contributed by atoms with Crippen LogP contribution in [-0.2, 0) is 10.0 Å². The van der Waals surface area contributed by atoms with Crippen LogP contribution < -0.4 is 16.3 Å². The van der Waals surface area contributed by atoms with E-state index in [9.17, 15) is 8.42 Å². The number of imidazole rings is 1. The third-order valence-corrected chi connectivity index (χ3v) is 8.50. The fourth-order valence-corrected chi connectivity index (χ4v) is 5.20. The first kappa shape index (κ1) is 21.3. The van der Waals surface area contributed by atoms with Crippen LogP contribution in [0, 0.1) is 0 Å². The van der Waals surface area contributed by atoms with Gasteiger partial charge in [0.25, 0.3) is 0 Å². The number of rotatable bonds is 5. The van der Waals surface area contributed by atoms with Gasteiger partial charge in [0.15, 0.2) is 0 Å². The van der Waals surface area contributed by atoms with Gasteiger partial charge in [-0.2, -0.15) is 0 Å². The molecule has 2 atom stereocenters. The van der Waals surface area contributed by atoms with Crippen molar-refractivity contribution in [3.8, 4) is 0 Å². The Kier molecular flexibility index (Phi) is 6.21. The molecule has 0 saturated heterocycles. The monoisotopic (exact) mass is 451 g/mol. The SMILES string of the molecule is CS/C=C(/c1ccc2nc(N)n(S(=O)(=O)C(C)C)c2c1)c1cccc(P)c1P. The first-order valence-electron chi connectivity index (χ1n) is 8.58. The molecule has 0 aliphatic carbocycles. The normalized spacial score (nSPS) is 12.9. The summed E-state index contributed by atoms with van der Waals surface area (Å²) in [6, 6.07) is 11.7. The molecular formula is C19H23N3O2P2S2. The summed E-state index contributed by atoms with van der Waals surface area (Å²) in [7, 11) is 1.89. The largest absolute Gasteiger partial charge is 0.368 e. The summed E-state index contributed by atoms with van der Waals surface area (Å²) in [4.78, 5) is 4.24. The fourth-order valence-electron chi connectivity index (χ4n) is 2.94. The Morgan fingerprint density at radius 3 is 2.61 bits per heavy atom. The number of anilines is 1. The second kappa shape index (κ2) is 8.16. The second-order valence-corrected chi connectivity index (χ2v) is 10.9. The lowest BCUT2D eigenvalue weighted by Crippen LogP contribution is -2.23. The van der Waals surface area contributed by atoms with Gasteiger partial charge in [0.1, 0.15) is 0 Å². The highest BCUT2D eigenvalue weighted by Crippen LogP contribution is 2.30. The molecule has 2 aromatic carbocycles. The lowest BCUT2D eigenvalue weighted by atomic mass is 9.99. The van der Waals surface area contributed by atoms with Crippen LogP contribution in [0.25, 0.3) is 16.6 Å². The first-order chi connectivity index (χ1) is 13.2. The van der Waals surface area contributed by atoms with Crippen molar-refractivity contribution < 1.29 is 8.42 Å². The van der Waals surface area contributed by atoms with Gasteiger partial charge in [0, 0.05) is 0 Å². The number of benzene rings is 2. The van der Waals surface area contributed by atoms with Crippen molar-refractivity contribution in [1.82, 2.24) is 8.96 Å². The lowest BCUT2D eigenvalue weighted by Gasteiger charge is -2.14. The Hall–Kier alpha value is -1.39. The van der Waals surface area contributed by atoms with Crippen molar-refractivity contribution in [3.63, 3.8) is 0 Å². The molecule has 28 heavy (non-hydrogen) atoms. The number of nitrogens with two attached hydrogens (primary N) is 1. The van der Waals surface area contributed by atoms with E-state index >= 15 is 0 Å². The van der Waals surface area contributed by atoms with E-state index in [1.54, 1.807) is 25.6 Å². The van der Waals surface area contributed by atoms with Gasteiger partial charge in [-0.15, -0.1) is 30.2 Å². The van der Waals surface area contributed by atoms with E-state index in [2.05, 4.69) is 34.9 Å². The van der Waals surface area contributed by atoms with Crippen LogP contribution in [0.3, 0.4) is 0 Å². The third-order valence-electron chi connectivity index (χ3n) is 4.46. The van der Waals surface area contributed by atoms with Crippen LogP contribution >= 0.6 is 30.2 Å². The van der Waals surface area contributed by atoms with Gasteiger partial charge < -0.3 is 5.73 Å². The minimum absolute atomic E-state index is 0.0186. The van der Waals surface area contributed by atoms with Gasteiger partial charge in [-0.05, 0) is 65.0 Å². The Balaban J connectivity index is 2.28. The minimum Gasteiger partial charge on any atom is -0.368 e. The maximum atomic E-state index is 12.8. The molecule has 1 aromatic heterocycles. The fraction of sp³-hybridized carbons (Fsp3) is 0.211. The summed E-state index contributed by atoms with van der Waals surface area (Å²) in [5.41, 5.74) is 9.99. The Morgan fingerprint density at radius 2 is 1.96 bits per heavy atom. The van der Waals surface area contributed by atoms with Crippen molar-refractivity contribution in [1.29, 1.82) is 0 Å². The highest BCUT2D eigenvalue weighted by molar-refractivity contribution is 8.01.